The molecule has 1 aliphatic heterocycles. The van der Waals surface area contributed by atoms with Crippen molar-refractivity contribution < 1.29 is 13.7 Å². The molecule has 2 heterocycles. The van der Waals surface area contributed by atoms with Crippen LogP contribution < -0.4 is 0 Å². The van der Waals surface area contributed by atoms with Gasteiger partial charge in [0.25, 0.3) is 0 Å². The van der Waals surface area contributed by atoms with Gasteiger partial charge in [0.2, 0.25) is 17.6 Å². The van der Waals surface area contributed by atoms with Crippen LogP contribution in [-0.2, 0) is 11.3 Å². The van der Waals surface area contributed by atoms with E-state index in [2.05, 4.69) is 15.0 Å². The molecule has 6 nitrogen and oxygen atoms in total. The maximum absolute atomic E-state index is 13.7. The molecule has 0 saturated carbocycles. The summed E-state index contributed by atoms with van der Waals surface area (Å²) in [5, 5.41) is 4.68. The number of hydrogen-bond donors (Lipinski definition) is 0. The smallest absolute Gasteiger partial charge is 0.246 e. The quantitative estimate of drug-likeness (QED) is 0.579. The molecule has 1 amide bonds. The van der Waals surface area contributed by atoms with Gasteiger partial charge in [-0.2, -0.15) is 4.98 Å². The lowest BCUT2D eigenvalue weighted by molar-refractivity contribution is -0.127. The van der Waals surface area contributed by atoms with E-state index < -0.39 is 0 Å². The Morgan fingerprint density at radius 2 is 1.83 bits per heavy atom. The molecule has 0 bridgehead atoms. The summed E-state index contributed by atoms with van der Waals surface area (Å²) in [5.41, 5.74) is 1.24. The summed E-state index contributed by atoms with van der Waals surface area (Å²) in [6, 6.07) is 13.6. The molecule has 154 valence electrons. The number of rotatable bonds is 5. The van der Waals surface area contributed by atoms with Crippen molar-refractivity contribution >= 4 is 23.6 Å². The first-order chi connectivity index (χ1) is 14.6. The molecular formula is C22H20ClFN4O2. The van der Waals surface area contributed by atoms with Crippen LogP contribution in [0, 0.1) is 5.82 Å². The van der Waals surface area contributed by atoms with Gasteiger partial charge in [0.15, 0.2) is 0 Å². The van der Waals surface area contributed by atoms with E-state index in [4.69, 9.17) is 16.1 Å². The molecule has 3 aromatic rings. The van der Waals surface area contributed by atoms with Crippen LogP contribution >= 0.6 is 11.6 Å². The third kappa shape index (κ3) is 4.93. The van der Waals surface area contributed by atoms with E-state index in [1.165, 1.54) is 18.2 Å². The second-order valence-electron chi connectivity index (χ2n) is 6.97. The summed E-state index contributed by atoms with van der Waals surface area (Å²) in [7, 11) is 0. The summed E-state index contributed by atoms with van der Waals surface area (Å²) in [4.78, 5) is 20.7. The second kappa shape index (κ2) is 9.19. The Balaban J connectivity index is 1.29. The van der Waals surface area contributed by atoms with Gasteiger partial charge in [-0.15, -0.1) is 0 Å². The first kappa shape index (κ1) is 20.3. The number of piperazine rings is 1. The van der Waals surface area contributed by atoms with Gasteiger partial charge < -0.3 is 9.42 Å². The lowest BCUT2D eigenvalue weighted by Crippen LogP contribution is -2.47. The van der Waals surface area contributed by atoms with E-state index in [0.29, 0.717) is 55.0 Å². The van der Waals surface area contributed by atoms with Crippen molar-refractivity contribution in [2.24, 2.45) is 0 Å². The van der Waals surface area contributed by atoms with E-state index >= 15 is 0 Å². The van der Waals surface area contributed by atoms with Crippen molar-refractivity contribution in [3.63, 3.8) is 0 Å². The van der Waals surface area contributed by atoms with Gasteiger partial charge in [-0.05, 0) is 36.4 Å². The fourth-order valence-electron chi connectivity index (χ4n) is 3.23. The highest BCUT2D eigenvalue weighted by Crippen LogP contribution is 2.19. The molecule has 1 fully saturated rings. The maximum Gasteiger partial charge on any atom is 0.246 e. The molecule has 0 unspecified atom stereocenters. The van der Waals surface area contributed by atoms with Crippen LogP contribution in [0.1, 0.15) is 11.5 Å². The Morgan fingerprint density at radius 1 is 1.10 bits per heavy atom. The maximum atomic E-state index is 13.7. The van der Waals surface area contributed by atoms with Crippen LogP contribution in [0.3, 0.4) is 0 Å². The van der Waals surface area contributed by atoms with Crippen LogP contribution in [0.4, 0.5) is 4.39 Å². The predicted octanol–water partition coefficient (Wildman–Crippen LogP) is 3.89. The number of benzene rings is 2. The third-order valence-electron chi connectivity index (χ3n) is 4.92. The van der Waals surface area contributed by atoms with Crippen LogP contribution in [0.25, 0.3) is 17.5 Å². The summed E-state index contributed by atoms with van der Waals surface area (Å²) >= 11 is 5.91. The monoisotopic (exact) mass is 426 g/mol. The fraction of sp³-hybridized carbons (Fsp3) is 0.227. The number of nitrogens with zero attached hydrogens (tertiary/aromatic N) is 4. The molecule has 0 radical (unpaired) electrons. The number of carbonyl (C=O) groups excluding carboxylic acids is 1. The normalized spacial score (nSPS) is 15.1. The van der Waals surface area contributed by atoms with Crippen molar-refractivity contribution in [3.8, 4) is 11.4 Å². The van der Waals surface area contributed by atoms with E-state index in [-0.39, 0.29) is 11.7 Å². The summed E-state index contributed by atoms with van der Waals surface area (Å²) in [6.45, 7) is 3.07. The highest BCUT2D eigenvalue weighted by Gasteiger charge is 2.21. The minimum Gasteiger partial charge on any atom is -0.338 e. The first-order valence-corrected chi connectivity index (χ1v) is 9.99. The Morgan fingerprint density at radius 3 is 2.57 bits per heavy atom. The van der Waals surface area contributed by atoms with Crippen LogP contribution in [0.2, 0.25) is 5.02 Å². The van der Waals surface area contributed by atoms with Crippen molar-refractivity contribution in [2.75, 3.05) is 26.2 Å². The Bertz CT molecular complexity index is 1040. The Hall–Kier alpha value is -3.03. The molecule has 30 heavy (non-hydrogen) atoms. The van der Waals surface area contributed by atoms with E-state index in [9.17, 15) is 9.18 Å². The molecule has 1 saturated heterocycles. The number of hydrogen-bond acceptors (Lipinski definition) is 5. The summed E-state index contributed by atoms with van der Waals surface area (Å²) in [6.07, 6.45) is 2.94. The molecule has 1 aromatic heterocycles. The highest BCUT2D eigenvalue weighted by atomic mass is 35.5. The zero-order valence-electron chi connectivity index (χ0n) is 16.2. The highest BCUT2D eigenvalue weighted by molar-refractivity contribution is 6.30. The molecule has 4 rings (SSSR count). The number of carbonyl (C=O) groups is 1. The van der Waals surface area contributed by atoms with Crippen LogP contribution in [0.5, 0.6) is 0 Å². The molecule has 0 spiro atoms. The molecular weight excluding hydrogens is 407 g/mol. The fourth-order valence-corrected chi connectivity index (χ4v) is 3.36. The van der Waals surface area contributed by atoms with Gasteiger partial charge in [0.1, 0.15) is 5.82 Å². The van der Waals surface area contributed by atoms with Crippen molar-refractivity contribution in [1.29, 1.82) is 0 Å². The minimum atomic E-state index is -0.344. The van der Waals surface area contributed by atoms with Gasteiger partial charge in [-0.1, -0.05) is 35.0 Å². The van der Waals surface area contributed by atoms with Gasteiger partial charge in [-0.25, -0.2) is 4.39 Å². The second-order valence-corrected chi connectivity index (χ2v) is 7.41. The van der Waals surface area contributed by atoms with Gasteiger partial charge >= 0.3 is 0 Å². The average Bonchev–Trinajstić information content (AvgIpc) is 3.22. The lowest BCUT2D eigenvalue weighted by atomic mass is 10.2. The zero-order chi connectivity index (χ0) is 20.9. The van der Waals surface area contributed by atoms with Crippen molar-refractivity contribution in [2.45, 2.75) is 6.54 Å². The molecule has 0 aliphatic carbocycles. The van der Waals surface area contributed by atoms with Gasteiger partial charge in [0.05, 0.1) is 6.54 Å². The Labute approximate surface area is 178 Å². The van der Waals surface area contributed by atoms with Crippen molar-refractivity contribution in [3.05, 3.63) is 76.9 Å². The van der Waals surface area contributed by atoms with Gasteiger partial charge in [0, 0.05) is 48.4 Å². The zero-order valence-corrected chi connectivity index (χ0v) is 16.9. The van der Waals surface area contributed by atoms with E-state index in [1.54, 1.807) is 35.2 Å². The topological polar surface area (TPSA) is 62.5 Å². The molecule has 0 N–H and O–H groups in total. The minimum absolute atomic E-state index is 0.124. The lowest BCUT2D eigenvalue weighted by Gasteiger charge is -2.33. The van der Waals surface area contributed by atoms with E-state index in [0.717, 1.165) is 5.56 Å². The SMILES string of the molecule is O=C(/C=C/c1ccccc1F)N1CCN(Cc2nc(-c3ccc(Cl)cc3)no2)CC1. The largest absolute Gasteiger partial charge is 0.338 e. The van der Waals surface area contributed by atoms with Crippen molar-refractivity contribution in [1.82, 2.24) is 19.9 Å². The standard InChI is InChI=1S/C22H20ClFN4O2/c23-18-8-5-17(6-9-18)22-25-20(30-26-22)15-27-11-13-28(14-12-27)21(29)10-7-16-3-1-2-4-19(16)24/h1-10H,11-15H2/b10-7+. The predicted molar refractivity (Wildman–Crippen MR) is 112 cm³/mol. The summed E-state index contributed by atoms with van der Waals surface area (Å²) < 4.78 is 19.0. The molecule has 2 aromatic carbocycles. The number of aromatic nitrogens is 2. The van der Waals surface area contributed by atoms with E-state index in [1.807, 2.05) is 12.1 Å². The first-order valence-electron chi connectivity index (χ1n) is 9.61. The number of amides is 1. The van der Waals surface area contributed by atoms with Crippen LogP contribution in [0.15, 0.2) is 59.1 Å². The molecule has 0 atom stereocenters. The average molecular weight is 427 g/mol. The van der Waals surface area contributed by atoms with Gasteiger partial charge in [-0.3, -0.25) is 9.69 Å². The molecule has 8 heteroatoms. The number of halogens is 2. The Kier molecular flexibility index (Phi) is 6.21. The third-order valence-corrected chi connectivity index (χ3v) is 5.18. The molecule has 1 aliphatic rings. The summed E-state index contributed by atoms with van der Waals surface area (Å²) in [5.74, 6) is 0.581. The van der Waals surface area contributed by atoms with Crippen LogP contribution in [-0.4, -0.2) is 52.0 Å².